The van der Waals surface area contributed by atoms with Crippen molar-refractivity contribution in [3.63, 3.8) is 0 Å². The molecule has 3 aromatic heterocycles. The third kappa shape index (κ3) is 2.23. The summed E-state index contributed by atoms with van der Waals surface area (Å²) in [4.78, 5) is 24.7. The Morgan fingerprint density at radius 3 is 3.09 bits per heavy atom. The van der Waals surface area contributed by atoms with Gasteiger partial charge in [-0.2, -0.15) is 4.98 Å². The maximum atomic E-state index is 12.9. The van der Waals surface area contributed by atoms with Crippen LogP contribution in [0.1, 0.15) is 46.1 Å². The molecule has 1 atom stereocenters. The second-order valence-electron chi connectivity index (χ2n) is 5.71. The van der Waals surface area contributed by atoms with Crippen molar-refractivity contribution in [1.29, 1.82) is 0 Å². The van der Waals surface area contributed by atoms with Gasteiger partial charge in [0.1, 0.15) is 0 Å². The number of aromatic nitrogens is 4. The molecule has 0 fully saturated rings. The highest BCUT2D eigenvalue weighted by Crippen LogP contribution is 2.35. The lowest BCUT2D eigenvalue weighted by Gasteiger charge is -2.34. The molecule has 0 saturated heterocycles. The molecule has 3 aromatic rings. The molecule has 4 heterocycles. The Bertz CT molecular complexity index is 884. The average Bonchev–Trinajstić information content (AvgIpc) is 3.20. The quantitative estimate of drug-likeness (QED) is 0.726. The second kappa shape index (κ2) is 5.42. The third-order valence-electron chi connectivity index (χ3n) is 4.36. The van der Waals surface area contributed by atoms with Crippen molar-refractivity contribution in [2.45, 2.75) is 32.7 Å². The van der Waals surface area contributed by atoms with E-state index >= 15 is 0 Å². The van der Waals surface area contributed by atoms with Gasteiger partial charge in [-0.05, 0) is 42.8 Å². The van der Waals surface area contributed by atoms with E-state index in [0.29, 0.717) is 12.3 Å². The van der Waals surface area contributed by atoms with E-state index in [4.69, 9.17) is 0 Å². The normalized spacial score (nSPS) is 17.5. The average molecular weight is 327 g/mol. The van der Waals surface area contributed by atoms with Gasteiger partial charge in [0.25, 0.3) is 11.7 Å². The summed E-state index contributed by atoms with van der Waals surface area (Å²) >= 11 is 1.78. The van der Waals surface area contributed by atoms with E-state index < -0.39 is 0 Å². The van der Waals surface area contributed by atoms with Gasteiger partial charge in [-0.15, -0.1) is 16.4 Å². The van der Waals surface area contributed by atoms with Crippen LogP contribution in [-0.4, -0.2) is 36.9 Å². The molecule has 6 nitrogen and oxygen atoms in total. The van der Waals surface area contributed by atoms with Crippen LogP contribution in [0.15, 0.2) is 23.7 Å². The highest BCUT2D eigenvalue weighted by molar-refractivity contribution is 7.10. The lowest BCUT2D eigenvalue weighted by atomic mass is 9.98. The molecule has 1 aliphatic heterocycles. The summed E-state index contributed by atoms with van der Waals surface area (Å²) in [7, 11) is 0. The van der Waals surface area contributed by atoms with Crippen molar-refractivity contribution in [2.75, 3.05) is 6.54 Å². The first kappa shape index (κ1) is 14.3. The van der Waals surface area contributed by atoms with Crippen LogP contribution >= 0.6 is 11.3 Å². The fourth-order valence-corrected chi connectivity index (χ4v) is 4.13. The summed E-state index contributed by atoms with van der Waals surface area (Å²) in [6.07, 6.45) is 3.47. The minimum absolute atomic E-state index is 0.109. The molecule has 7 heteroatoms. The summed E-state index contributed by atoms with van der Waals surface area (Å²) in [5, 5.41) is 6.46. The smallest absolute Gasteiger partial charge is 0.294 e. The van der Waals surface area contributed by atoms with Gasteiger partial charge < -0.3 is 4.90 Å². The van der Waals surface area contributed by atoms with Crippen LogP contribution in [-0.2, 0) is 6.42 Å². The van der Waals surface area contributed by atoms with E-state index in [1.807, 2.05) is 17.9 Å². The number of thiophene rings is 1. The Hall–Kier alpha value is -2.28. The van der Waals surface area contributed by atoms with Crippen molar-refractivity contribution in [1.82, 2.24) is 24.5 Å². The molecule has 0 aliphatic carbocycles. The summed E-state index contributed by atoms with van der Waals surface area (Å²) in [5.41, 5.74) is 2.18. The Balaban J connectivity index is 1.72. The number of rotatable bonds is 2. The summed E-state index contributed by atoms with van der Waals surface area (Å²) in [6, 6.07) is 4.10. The van der Waals surface area contributed by atoms with E-state index in [-0.39, 0.29) is 17.8 Å². The maximum absolute atomic E-state index is 12.9. The van der Waals surface area contributed by atoms with Gasteiger partial charge in [-0.1, -0.05) is 6.92 Å². The zero-order chi connectivity index (χ0) is 16.0. The monoisotopic (exact) mass is 327 g/mol. The molecule has 118 valence electrons. The number of nitrogens with zero attached hydrogens (tertiary/aromatic N) is 5. The molecule has 0 aromatic carbocycles. The molecule has 0 N–H and O–H groups in total. The van der Waals surface area contributed by atoms with Crippen molar-refractivity contribution >= 4 is 23.0 Å². The van der Waals surface area contributed by atoms with E-state index in [2.05, 4.69) is 33.4 Å². The van der Waals surface area contributed by atoms with Gasteiger partial charge >= 0.3 is 0 Å². The molecule has 1 amide bonds. The number of fused-ring (bicyclic) bond motifs is 2. The van der Waals surface area contributed by atoms with E-state index in [9.17, 15) is 4.79 Å². The zero-order valence-electron chi connectivity index (χ0n) is 13.1. The van der Waals surface area contributed by atoms with Crippen molar-refractivity contribution in [3.8, 4) is 0 Å². The number of carbonyl (C=O) groups excluding carboxylic acids is 1. The van der Waals surface area contributed by atoms with E-state index in [1.165, 1.54) is 10.4 Å². The van der Waals surface area contributed by atoms with Crippen molar-refractivity contribution in [2.24, 2.45) is 0 Å². The molecule has 4 rings (SSSR count). The Labute approximate surface area is 137 Å². The van der Waals surface area contributed by atoms with Gasteiger partial charge in [0.05, 0.1) is 6.04 Å². The van der Waals surface area contributed by atoms with Gasteiger partial charge in [0.2, 0.25) is 5.82 Å². The lowest BCUT2D eigenvalue weighted by molar-refractivity contribution is 0.0645. The molecule has 1 unspecified atom stereocenters. The van der Waals surface area contributed by atoms with E-state index in [0.717, 1.165) is 18.5 Å². The minimum Gasteiger partial charge on any atom is -0.328 e. The first-order valence-electron chi connectivity index (χ1n) is 7.74. The Kier molecular flexibility index (Phi) is 3.37. The van der Waals surface area contributed by atoms with Gasteiger partial charge in [-0.25, -0.2) is 9.50 Å². The van der Waals surface area contributed by atoms with Crippen LogP contribution in [0.5, 0.6) is 0 Å². The molecule has 0 radical (unpaired) electrons. The largest absolute Gasteiger partial charge is 0.328 e. The zero-order valence-corrected chi connectivity index (χ0v) is 13.9. The first-order valence-corrected chi connectivity index (χ1v) is 8.62. The van der Waals surface area contributed by atoms with Gasteiger partial charge in [0, 0.05) is 23.3 Å². The van der Waals surface area contributed by atoms with Crippen molar-refractivity contribution < 1.29 is 4.79 Å². The van der Waals surface area contributed by atoms with Gasteiger partial charge in [-0.3, -0.25) is 4.79 Å². The summed E-state index contributed by atoms with van der Waals surface area (Å²) in [5.74, 6) is 0.581. The lowest BCUT2D eigenvalue weighted by Crippen LogP contribution is -2.39. The predicted octanol–water partition coefficient (Wildman–Crippen LogP) is 2.64. The van der Waals surface area contributed by atoms with Crippen molar-refractivity contribution in [3.05, 3.63) is 45.7 Å². The van der Waals surface area contributed by atoms with Crippen LogP contribution in [0.25, 0.3) is 5.78 Å². The molecule has 0 spiro atoms. The highest BCUT2D eigenvalue weighted by atomic mass is 32.1. The molecular weight excluding hydrogens is 310 g/mol. The van der Waals surface area contributed by atoms with Crippen LogP contribution in [0.3, 0.4) is 0 Å². The highest BCUT2D eigenvalue weighted by Gasteiger charge is 2.32. The molecular formula is C16H17N5OS. The topological polar surface area (TPSA) is 63.4 Å². The summed E-state index contributed by atoms with van der Waals surface area (Å²) in [6.45, 7) is 4.75. The fourth-order valence-electron chi connectivity index (χ4n) is 3.21. The number of amides is 1. The van der Waals surface area contributed by atoms with Crippen LogP contribution in [0.2, 0.25) is 0 Å². The second-order valence-corrected chi connectivity index (χ2v) is 6.71. The first-order chi connectivity index (χ1) is 11.2. The Morgan fingerprint density at radius 1 is 1.43 bits per heavy atom. The van der Waals surface area contributed by atoms with Crippen LogP contribution in [0, 0.1) is 6.92 Å². The van der Waals surface area contributed by atoms with Gasteiger partial charge in [0.15, 0.2) is 0 Å². The fraction of sp³-hybridized carbons (Fsp3) is 0.375. The summed E-state index contributed by atoms with van der Waals surface area (Å²) < 4.78 is 1.62. The molecule has 0 bridgehead atoms. The number of hydrogen-bond acceptors (Lipinski definition) is 5. The maximum Gasteiger partial charge on any atom is 0.294 e. The minimum atomic E-state index is -0.112. The number of carbonyl (C=O) groups is 1. The Morgan fingerprint density at radius 2 is 2.30 bits per heavy atom. The molecule has 23 heavy (non-hydrogen) atoms. The number of aryl methyl sites for hydroxylation is 1. The molecule has 1 aliphatic rings. The third-order valence-corrected chi connectivity index (χ3v) is 5.36. The number of hydrogen-bond donors (Lipinski definition) is 0. The van der Waals surface area contributed by atoms with E-state index in [1.54, 1.807) is 22.0 Å². The van der Waals surface area contributed by atoms with Crippen LogP contribution < -0.4 is 0 Å². The molecule has 0 saturated carbocycles. The van der Waals surface area contributed by atoms with Crippen LogP contribution in [0.4, 0.5) is 0 Å². The predicted molar refractivity (Wildman–Crippen MR) is 87.6 cm³/mol. The standard InChI is InChI=1S/C16H17N5OS/c1-3-12-11-6-9-23-13(11)5-8-20(12)15(22)14-18-16-17-7-4-10(2)21(16)19-14/h4,6-7,9,12H,3,5,8H2,1-2H3. The SMILES string of the molecule is CCC1c2ccsc2CCN1C(=O)c1nc2nccc(C)n2n1.